The summed E-state index contributed by atoms with van der Waals surface area (Å²) in [5, 5.41) is 11.6. The lowest BCUT2D eigenvalue weighted by Crippen LogP contribution is -2.48. The minimum absolute atomic E-state index is 0.109. The van der Waals surface area contributed by atoms with Crippen molar-refractivity contribution in [2.75, 3.05) is 13.2 Å². The lowest BCUT2D eigenvalue weighted by atomic mass is 10.1. The minimum Gasteiger partial charge on any atom is -0.376 e. The Balaban J connectivity index is 1.62. The van der Waals surface area contributed by atoms with Gasteiger partial charge in [-0.05, 0) is 37.8 Å². The molecule has 1 atom stereocenters. The molecule has 25 heavy (non-hydrogen) atoms. The Morgan fingerprint density at radius 2 is 2.12 bits per heavy atom. The number of carbonyl (C=O) groups excluding carboxylic acids is 1. The van der Waals surface area contributed by atoms with Gasteiger partial charge in [0.15, 0.2) is 0 Å². The maximum absolute atomic E-state index is 14.0. The molecule has 1 aromatic rings. The topological polar surface area (TPSA) is 65.4 Å². The first-order valence-electron chi connectivity index (χ1n) is 9.02. The molecular formula is C19H24FN3O2. The van der Waals surface area contributed by atoms with Crippen molar-refractivity contribution in [3.63, 3.8) is 0 Å². The number of nitrogens with one attached hydrogen (secondary N) is 1. The summed E-state index contributed by atoms with van der Waals surface area (Å²) in [5.41, 5.74) is 0.661. The van der Waals surface area contributed by atoms with E-state index in [0.717, 1.165) is 45.1 Å². The molecule has 2 fully saturated rings. The summed E-state index contributed by atoms with van der Waals surface area (Å²) in [4.78, 5) is 14.6. The summed E-state index contributed by atoms with van der Waals surface area (Å²) in [6.45, 7) is 1.48. The first-order valence-corrected chi connectivity index (χ1v) is 9.02. The molecule has 1 saturated heterocycles. The predicted molar refractivity (Wildman–Crippen MR) is 91.3 cm³/mol. The molecule has 5 nitrogen and oxygen atoms in total. The average Bonchev–Trinajstić information content (AvgIpc) is 3.31. The van der Waals surface area contributed by atoms with Gasteiger partial charge in [-0.1, -0.05) is 18.9 Å². The van der Waals surface area contributed by atoms with Crippen LogP contribution < -0.4 is 5.32 Å². The normalized spacial score (nSPS) is 20.4. The van der Waals surface area contributed by atoms with E-state index in [1.165, 1.54) is 6.07 Å². The number of benzene rings is 1. The van der Waals surface area contributed by atoms with E-state index in [4.69, 9.17) is 10.00 Å². The summed E-state index contributed by atoms with van der Waals surface area (Å²) in [6.07, 6.45) is 6.46. The van der Waals surface area contributed by atoms with Crippen molar-refractivity contribution < 1.29 is 13.9 Å². The molecule has 1 aliphatic carbocycles. The summed E-state index contributed by atoms with van der Waals surface area (Å²) < 4.78 is 19.7. The van der Waals surface area contributed by atoms with Crippen LogP contribution in [0.4, 0.5) is 9.18 Å². The van der Waals surface area contributed by atoms with Gasteiger partial charge in [0.25, 0.3) is 0 Å². The summed E-state index contributed by atoms with van der Waals surface area (Å²) in [5.74, 6) is -0.467. The van der Waals surface area contributed by atoms with E-state index < -0.39 is 5.82 Å². The molecule has 1 N–H and O–H groups in total. The van der Waals surface area contributed by atoms with Gasteiger partial charge in [0.2, 0.25) is 0 Å². The van der Waals surface area contributed by atoms with Crippen LogP contribution in [0.1, 0.15) is 49.7 Å². The van der Waals surface area contributed by atoms with Gasteiger partial charge in [0.1, 0.15) is 5.82 Å². The van der Waals surface area contributed by atoms with Crippen molar-refractivity contribution in [1.29, 1.82) is 5.26 Å². The van der Waals surface area contributed by atoms with E-state index in [1.54, 1.807) is 12.1 Å². The molecule has 2 aliphatic rings. The Labute approximate surface area is 147 Å². The van der Waals surface area contributed by atoms with Gasteiger partial charge in [-0.25, -0.2) is 9.18 Å². The Morgan fingerprint density at radius 1 is 1.32 bits per heavy atom. The number of ether oxygens (including phenoxy) is 1. The maximum atomic E-state index is 14.0. The Hall–Kier alpha value is -2.13. The van der Waals surface area contributed by atoms with E-state index in [-0.39, 0.29) is 30.3 Å². The number of carbonyl (C=O) groups is 1. The molecule has 3 rings (SSSR count). The minimum atomic E-state index is -0.467. The number of nitriles is 1. The number of urea groups is 1. The van der Waals surface area contributed by atoms with E-state index in [9.17, 15) is 9.18 Å². The highest BCUT2D eigenvalue weighted by molar-refractivity contribution is 5.74. The predicted octanol–water partition coefficient (Wildman–Crippen LogP) is 3.33. The second kappa shape index (κ2) is 8.30. The van der Waals surface area contributed by atoms with E-state index in [2.05, 4.69) is 5.32 Å². The SMILES string of the molecule is N#Cc1ccc(CNC(=O)N(CC2CCCO2)C2CCCC2)c(F)c1. The zero-order valence-corrected chi connectivity index (χ0v) is 14.3. The summed E-state index contributed by atoms with van der Waals surface area (Å²) >= 11 is 0. The molecule has 6 heteroatoms. The molecule has 1 heterocycles. The highest BCUT2D eigenvalue weighted by Gasteiger charge is 2.30. The smallest absolute Gasteiger partial charge is 0.318 e. The van der Waals surface area contributed by atoms with E-state index in [1.807, 2.05) is 11.0 Å². The Morgan fingerprint density at radius 3 is 2.76 bits per heavy atom. The second-order valence-corrected chi connectivity index (χ2v) is 6.80. The Kier molecular flexibility index (Phi) is 5.87. The van der Waals surface area contributed by atoms with E-state index in [0.29, 0.717) is 12.1 Å². The molecule has 134 valence electrons. The van der Waals surface area contributed by atoms with Crippen molar-refractivity contribution in [3.8, 4) is 6.07 Å². The van der Waals surface area contributed by atoms with Gasteiger partial charge in [-0.2, -0.15) is 5.26 Å². The monoisotopic (exact) mass is 345 g/mol. The number of amides is 2. The first-order chi connectivity index (χ1) is 12.2. The van der Waals surface area contributed by atoms with Gasteiger partial charge < -0.3 is 15.0 Å². The zero-order chi connectivity index (χ0) is 17.6. The number of hydrogen-bond donors (Lipinski definition) is 1. The standard InChI is InChI=1S/C19H24FN3O2/c20-18-10-14(11-21)7-8-15(18)12-22-19(24)23(16-4-1-2-5-16)13-17-6-3-9-25-17/h7-8,10,16-17H,1-6,9,12-13H2,(H,22,24). The summed E-state index contributed by atoms with van der Waals surface area (Å²) in [7, 11) is 0. The third-order valence-corrected chi connectivity index (χ3v) is 5.06. The van der Waals surface area contributed by atoms with E-state index >= 15 is 0 Å². The highest BCUT2D eigenvalue weighted by Crippen LogP contribution is 2.25. The number of nitrogens with zero attached hydrogens (tertiary/aromatic N) is 2. The van der Waals surface area contributed by atoms with Crippen molar-refractivity contribution >= 4 is 6.03 Å². The molecule has 0 bridgehead atoms. The zero-order valence-electron chi connectivity index (χ0n) is 14.3. The Bertz CT molecular complexity index is 647. The fourth-order valence-corrected chi connectivity index (χ4v) is 3.65. The van der Waals surface area contributed by atoms with Crippen molar-refractivity contribution in [2.45, 2.75) is 57.2 Å². The summed E-state index contributed by atoms with van der Waals surface area (Å²) in [6, 6.07) is 6.30. The van der Waals surface area contributed by atoms with Gasteiger partial charge >= 0.3 is 6.03 Å². The fourth-order valence-electron chi connectivity index (χ4n) is 3.65. The van der Waals surface area contributed by atoms with Gasteiger partial charge in [0, 0.05) is 31.3 Å². The van der Waals surface area contributed by atoms with Crippen LogP contribution >= 0.6 is 0 Å². The molecule has 0 spiro atoms. The van der Waals surface area contributed by atoms with Crippen LogP contribution in [0.3, 0.4) is 0 Å². The van der Waals surface area contributed by atoms with Crippen LogP contribution in [-0.4, -0.2) is 36.2 Å². The molecule has 1 aromatic carbocycles. The fraction of sp³-hybridized carbons (Fsp3) is 0.579. The molecule has 2 amide bonds. The van der Waals surface area contributed by atoms with Gasteiger partial charge in [-0.3, -0.25) is 0 Å². The molecule has 0 radical (unpaired) electrons. The third-order valence-electron chi connectivity index (χ3n) is 5.06. The number of rotatable bonds is 5. The van der Waals surface area contributed by atoms with Crippen LogP contribution in [0, 0.1) is 17.1 Å². The highest BCUT2D eigenvalue weighted by atomic mass is 19.1. The molecule has 0 aromatic heterocycles. The lowest BCUT2D eigenvalue weighted by molar-refractivity contribution is 0.0698. The lowest BCUT2D eigenvalue weighted by Gasteiger charge is -2.31. The number of hydrogen-bond acceptors (Lipinski definition) is 3. The van der Waals surface area contributed by atoms with Gasteiger partial charge in [0.05, 0.1) is 17.7 Å². The van der Waals surface area contributed by atoms with Gasteiger partial charge in [-0.15, -0.1) is 0 Å². The third kappa shape index (κ3) is 4.49. The second-order valence-electron chi connectivity index (χ2n) is 6.80. The number of halogens is 1. The molecular weight excluding hydrogens is 321 g/mol. The van der Waals surface area contributed by atoms with Crippen LogP contribution in [0.2, 0.25) is 0 Å². The molecule has 1 aliphatic heterocycles. The molecule has 1 saturated carbocycles. The molecule has 1 unspecified atom stereocenters. The van der Waals surface area contributed by atoms with Crippen molar-refractivity contribution in [2.24, 2.45) is 0 Å². The maximum Gasteiger partial charge on any atom is 0.318 e. The van der Waals surface area contributed by atoms with Crippen LogP contribution in [-0.2, 0) is 11.3 Å². The van der Waals surface area contributed by atoms with Crippen LogP contribution in [0.5, 0.6) is 0 Å². The largest absolute Gasteiger partial charge is 0.376 e. The van der Waals surface area contributed by atoms with Crippen molar-refractivity contribution in [1.82, 2.24) is 10.2 Å². The van der Waals surface area contributed by atoms with Crippen molar-refractivity contribution in [3.05, 3.63) is 35.1 Å². The van der Waals surface area contributed by atoms with Crippen LogP contribution in [0.15, 0.2) is 18.2 Å². The average molecular weight is 345 g/mol. The quantitative estimate of drug-likeness (QED) is 0.890. The first kappa shape index (κ1) is 17.7. The van der Waals surface area contributed by atoms with Crippen LogP contribution in [0.25, 0.3) is 0 Å².